The van der Waals surface area contributed by atoms with Gasteiger partial charge in [-0.05, 0) is 22.9 Å². The number of ether oxygens (including phenoxy) is 1. The van der Waals surface area contributed by atoms with Crippen LogP contribution in [0, 0.1) is 0 Å². The first kappa shape index (κ1) is 14.0. The van der Waals surface area contributed by atoms with Gasteiger partial charge in [0.2, 0.25) is 0 Å². The summed E-state index contributed by atoms with van der Waals surface area (Å²) in [6, 6.07) is 13.8. The maximum absolute atomic E-state index is 12.5. The quantitative estimate of drug-likeness (QED) is 0.764. The summed E-state index contributed by atoms with van der Waals surface area (Å²) in [4.78, 5) is 0. The van der Waals surface area contributed by atoms with E-state index in [-0.39, 0.29) is 5.75 Å². The van der Waals surface area contributed by atoms with Crippen molar-refractivity contribution in [2.45, 2.75) is 12.7 Å². The van der Waals surface area contributed by atoms with E-state index in [2.05, 4.69) is 4.74 Å². The molecule has 2 nitrogen and oxygen atoms in total. The smallest absolute Gasteiger partial charge is 0.387 e. The molecule has 108 valence electrons. The molecule has 1 N–H and O–H groups in total. The number of rotatable bonds is 4. The second-order valence-corrected chi connectivity index (χ2v) is 5.42. The summed E-state index contributed by atoms with van der Waals surface area (Å²) >= 11 is 1.51. The third kappa shape index (κ3) is 2.75. The monoisotopic (exact) mass is 306 g/mol. The molecule has 0 saturated heterocycles. The van der Waals surface area contributed by atoms with Crippen molar-refractivity contribution in [2.75, 3.05) is 0 Å². The zero-order valence-corrected chi connectivity index (χ0v) is 11.7. The number of alkyl halides is 2. The third-order valence-electron chi connectivity index (χ3n) is 3.23. The molecular formula is C16H12F2O2S. The Bertz CT molecular complexity index is 755. The molecule has 0 fully saturated rings. The lowest BCUT2D eigenvalue weighted by Crippen LogP contribution is -2.08. The molecule has 5 heteroatoms. The fourth-order valence-electron chi connectivity index (χ4n) is 2.31. The Morgan fingerprint density at radius 1 is 0.952 bits per heavy atom. The van der Waals surface area contributed by atoms with Crippen molar-refractivity contribution in [1.29, 1.82) is 0 Å². The summed E-state index contributed by atoms with van der Waals surface area (Å²) in [5, 5.41) is 13.5. The number of benzene rings is 2. The summed E-state index contributed by atoms with van der Waals surface area (Å²) in [5.74, 6) is -0.00596. The average molecular weight is 306 g/mol. The molecule has 1 atom stereocenters. The summed E-state index contributed by atoms with van der Waals surface area (Å²) < 4.78 is 30.4. The van der Waals surface area contributed by atoms with E-state index in [0.29, 0.717) is 11.1 Å². The second-order valence-electron chi connectivity index (χ2n) is 4.51. The van der Waals surface area contributed by atoms with Crippen molar-refractivity contribution >= 4 is 21.4 Å². The molecule has 2 aromatic carbocycles. The van der Waals surface area contributed by atoms with E-state index >= 15 is 0 Å². The molecule has 0 aliphatic rings. The highest BCUT2D eigenvalue weighted by molar-refractivity contribution is 7.17. The number of para-hydroxylation sites is 1. The van der Waals surface area contributed by atoms with E-state index < -0.39 is 12.7 Å². The van der Waals surface area contributed by atoms with Gasteiger partial charge < -0.3 is 9.84 Å². The fourth-order valence-corrected chi connectivity index (χ4v) is 3.25. The largest absolute Gasteiger partial charge is 0.434 e. The Balaban J connectivity index is 2.06. The average Bonchev–Trinajstić information content (AvgIpc) is 2.95. The van der Waals surface area contributed by atoms with Gasteiger partial charge in [0.05, 0.1) is 0 Å². The van der Waals surface area contributed by atoms with Gasteiger partial charge in [-0.25, -0.2) is 0 Å². The predicted octanol–water partition coefficient (Wildman–Crippen LogP) is 4.58. The number of thiophene rings is 1. The molecule has 1 unspecified atom stereocenters. The highest BCUT2D eigenvalue weighted by Crippen LogP contribution is 2.36. The zero-order chi connectivity index (χ0) is 14.8. The lowest BCUT2D eigenvalue weighted by molar-refractivity contribution is -0.0512. The van der Waals surface area contributed by atoms with Crippen molar-refractivity contribution < 1.29 is 18.6 Å². The van der Waals surface area contributed by atoms with Crippen LogP contribution in [0.15, 0.2) is 53.9 Å². The Labute approximate surface area is 124 Å². The molecule has 3 rings (SSSR count). The number of hydrogen-bond donors (Lipinski definition) is 1. The summed E-state index contributed by atoms with van der Waals surface area (Å²) in [5.41, 5.74) is 1.02. The number of aliphatic hydroxyl groups is 1. The van der Waals surface area contributed by atoms with Gasteiger partial charge in [0.15, 0.2) is 0 Å². The van der Waals surface area contributed by atoms with Crippen molar-refractivity contribution in [1.82, 2.24) is 0 Å². The molecule has 0 radical (unpaired) electrons. The van der Waals surface area contributed by atoms with Crippen LogP contribution < -0.4 is 4.74 Å². The van der Waals surface area contributed by atoms with Gasteiger partial charge in [-0.2, -0.15) is 8.78 Å². The van der Waals surface area contributed by atoms with Gasteiger partial charge in [0.1, 0.15) is 11.9 Å². The standard InChI is InChI=1S/C16H12F2O2S/c17-16(18)20-13-7-2-1-5-11(13)14(19)12-6-3-4-10-8-9-21-15(10)12/h1-9,14,16,19H. The second kappa shape index (κ2) is 5.79. The van der Waals surface area contributed by atoms with Gasteiger partial charge in [0, 0.05) is 15.8 Å². The number of halogens is 2. The van der Waals surface area contributed by atoms with Crippen molar-refractivity contribution in [3.8, 4) is 5.75 Å². The predicted molar refractivity (Wildman–Crippen MR) is 79.0 cm³/mol. The normalized spacial score (nSPS) is 12.8. The van der Waals surface area contributed by atoms with E-state index in [1.54, 1.807) is 24.3 Å². The number of fused-ring (bicyclic) bond motifs is 1. The molecule has 0 aliphatic carbocycles. The van der Waals surface area contributed by atoms with Crippen LogP contribution in [-0.2, 0) is 0 Å². The summed E-state index contributed by atoms with van der Waals surface area (Å²) in [7, 11) is 0. The van der Waals surface area contributed by atoms with E-state index in [4.69, 9.17) is 0 Å². The maximum atomic E-state index is 12.5. The topological polar surface area (TPSA) is 29.5 Å². The first-order valence-corrected chi connectivity index (χ1v) is 7.22. The molecule has 0 aliphatic heterocycles. The van der Waals surface area contributed by atoms with Gasteiger partial charge in [-0.15, -0.1) is 11.3 Å². The van der Waals surface area contributed by atoms with Crippen LogP contribution in [0.25, 0.3) is 10.1 Å². The van der Waals surface area contributed by atoms with Gasteiger partial charge in [-0.1, -0.05) is 36.4 Å². The Hall–Kier alpha value is -1.98. The molecule has 0 spiro atoms. The number of aliphatic hydroxyl groups excluding tert-OH is 1. The maximum Gasteiger partial charge on any atom is 0.387 e. The fraction of sp³-hybridized carbons (Fsp3) is 0.125. The lowest BCUT2D eigenvalue weighted by atomic mass is 9.99. The van der Waals surface area contributed by atoms with Gasteiger partial charge in [0.25, 0.3) is 0 Å². The molecule has 1 aromatic heterocycles. The summed E-state index contributed by atoms with van der Waals surface area (Å²) in [6.45, 7) is -2.92. The zero-order valence-electron chi connectivity index (χ0n) is 10.9. The van der Waals surface area contributed by atoms with Crippen LogP contribution >= 0.6 is 11.3 Å². The highest BCUT2D eigenvalue weighted by atomic mass is 32.1. The SMILES string of the molecule is OC(c1ccccc1OC(F)F)c1cccc2ccsc12. The van der Waals surface area contributed by atoms with Gasteiger partial charge in [-0.3, -0.25) is 0 Å². The molecule has 3 aromatic rings. The van der Waals surface area contributed by atoms with Crippen molar-refractivity contribution in [3.63, 3.8) is 0 Å². The minimum atomic E-state index is -2.92. The molecular weight excluding hydrogens is 294 g/mol. The first-order valence-electron chi connectivity index (χ1n) is 6.35. The Kier molecular flexibility index (Phi) is 3.86. The molecule has 0 saturated carbocycles. The van der Waals surface area contributed by atoms with E-state index in [9.17, 15) is 13.9 Å². The Morgan fingerprint density at radius 3 is 2.52 bits per heavy atom. The third-order valence-corrected chi connectivity index (χ3v) is 4.21. The van der Waals surface area contributed by atoms with E-state index in [1.807, 2.05) is 23.6 Å². The van der Waals surface area contributed by atoms with Crippen molar-refractivity contribution in [2.24, 2.45) is 0 Å². The lowest BCUT2D eigenvalue weighted by Gasteiger charge is -2.16. The van der Waals surface area contributed by atoms with Crippen LogP contribution in [0.5, 0.6) is 5.75 Å². The van der Waals surface area contributed by atoms with Crippen molar-refractivity contribution in [3.05, 3.63) is 65.0 Å². The van der Waals surface area contributed by atoms with Gasteiger partial charge >= 0.3 is 6.61 Å². The molecule has 21 heavy (non-hydrogen) atoms. The first-order chi connectivity index (χ1) is 10.2. The van der Waals surface area contributed by atoms with Crippen LogP contribution in [-0.4, -0.2) is 11.7 Å². The molecule has 0 bridgehead atoms. The highest BCUT2D eigenvalue weighted by Gasteiger charge is 2.19. The minimum Gasteiger partial charge on any atom is -0.434 e. The minimum absolute atomic E-state index is 0.00596. The van der Waals surface area contributed by atoms with E-state index in [0.717, 1.165) is 10.1 Å². The number of hydrogen-bond acceptors (Lipinski definition) is 3. The molecule has 1 heterocycles. The van der Waals surface area contributed by atoms with Crippen LogP contribution in [0.3, 0.4) is 0 Å². The Morgan fingerprint density at radius 2 is 1.71 bits per heavy atom. The van der Waals surface area contributed by atoms with Crippen LogP contribution in [0.4, 0.5) is 8.78 Å². The van der Waals surface area contributed by atoms with Crippen LogP contribution in [0.1, 0.15) is 17.2 Å². The summed E-state index contributed by atoms with van der Waals surface area (Å²) in [6.07, 6.45) is -1.01. The van der Waals surface area contributed by atoms with E-state index in [1.165, 1.54) is 17.4 Å². The van der Waals surface area contributed by atoms with Crippen LogP contribution in [0.2, 0.25) is 0 Å². The molecule has 0 amide bonds.